The molecule has 2 rings (SSSR count). The number of carbonyl (C=O) groups is 3. The van der Waals surface area contributed by atoms with E-state index in [1.54, 1.807) is 19.2 Å². The first-order valence-electron chi connectivity index (χ1n) is 9.40. The molecule has 2 aromatic rings. The summed E-state index contributed by atoms with van der Waals surface area (Å²) in [5.41, 5.74) is -0.685. The fourth-order valence-corrected chi connectivity index (χ4v) is 2.67. The van der Waals surface area contributed by atoms with E-state index in [1.807, 2.05) is 0 Å². The van der Waals surface area contributed by atoms with E-state index < -0.39 is 59.6 Å². The van der Waals surface area contributed by atoms with E-state index in [1.165, 1.54) is 24.3 Å². The third-order valence-corrected chi connectivity index (χ3v) is 4.29. The van der Waals surface area contributed by atoms with Crippen LogP contribution in [0, 0.1) is 17.6 Å². The first kappa shape index (κ1) is 24.8. The van der Waals surface area contributed by atoms with E-state index in [0.717, 1.165) is 18.2 Å². The maximum absolute atomic E-state index is 13.8. The molecule has 0 saturated carbocycles. The third-order valence-electron chi connectivity index (χ3n) is 4.29. The molecule has 0 fully saturated rings. The smallest absolute Gasteiger partial charge is 0.343 e. The van der Waals surface area contributed by atoms with Crippen molar-refractivity contribution in [3.05, 3.63) is 65.2 Å². The van der Waals surface area contributed by atoms with Gasteiger partial charge in [-0.05, 0) is 42.3 Å². The van der Waals surface area contributed by atoms with Crippen LogP contribution in [-0.2, 0) is 4.79 Å². The van der Waals surface area contributed by atoms with E-state index in [9.17, 15) is 36.3 Å². The van der Waals surface area contributed by atoms with Crippen molar-refractivity contribution in [2.75, 3.05) is 11.9 Å². The lowest BCUT2D eigenvalue weighted by Gasteiger charge is -2.22. The van der Waals surface area contributed by atoms with Crippen molar-refractivity contribution in [2.24, 2.45) is 5.92 Å². The molecule has 0 aliphatic heterocycles. The van der Waals surface area contributed by atoms with Crippen molar-refractivity contribution < 1.29 is 36.3 Å². The van der Waals surface area contributed by atoms with E-state index in [4.69, 9.17) is 0 Å². The minimum atomic E-state index is -4.55. The van der Waals surface area contributed by atoms with Gasteiger partial charge in [-0.2, -0.15) is 13.2 Å². The molecule has 3 amide bonds. The second-order valence-electron chi connectivity index (χ2n) is 7.16. The molecule has 2 aromatic carbocycles. The summed E-state index contributed by atoms with van der Waals surface area (Å²) in [4.78, 5) is 36.6. The molecule has 6 nitrogen and oxygen atoms in total. The second-order valence-corrected chi connectivity index (χ2v) is 7.16. The summed E-state index contributed by atoms with van der Waals surface area (Å²) in [5.74, 6) is -5.36. The second kappa shape index (κ2) is 10.2. The molecule has 0 radical (unpaired) electrons. The topological polar surface area (TPSA) is 87.3 Å². The summed E-state index contributed by atoms with van der Waals surface area (Å²) in [6.07, 6.45) is -4.55. The zero-order valence-electron chi connectivity index (χ0n) is 17.0. The van der Waals surface area contributed by atoms with Crippen LogP contribution < -0.4 is 16.0 Å². The summed E-state index contributed by atoms with van der Waals surface area (Å²) in [6.45, 7) is 1.73. The number of halogens is 5. The van der Waals surface area contributed by atoms with Crippen LogP contribution in [0.3, 0.4) is 0 Å². The number of hydrogen-bond donors (Lipinski definition) is 3. The highest BCUT2D eigenvalue weighted by Gasteiger charge is 2.29. The van der Waals surface area contributed by atoms with Crippen LogP contribution in [0.1, 0.15) is 34.6 Å². The minimum Gasteiger partial charge on any atom is -0.343 e. The fourth-order valence-electron chi connectivity index (χ4n) is 2.67. The first-order valence-corrected chi connectivity index (χ1v) is 9.40. The van der Waals surface area contributed by atoms with Crippen LogP contribution in [0.2, 0.25) is 0 Å². The van der Waals surface area contributed by atoms with Crippen LogP contribution in [0.5, 0.6) is 0 Å². The van der Waals surface area contributed by atoms with Crippen LogP contribution in [0.25, 0.3) is 0 Å². The molecule has 3 N–H and O–H groups in total. The Labute approximate surface area is 180 Å². The Balaban J connectivity index is 2.06. The molecule has 0 spiro atoms. The normalized spacial score (nSPS) is 12.2. The van der Waals surface area contributed by atoms with Gasteiger partial charge >= 0.3 is 6.18 Å². The van der Waals surface area contributed by atoms with Crippen LogP contribution in [-0.4, -0.2) is 36.5 Å². The van der Waals surface area contributed by atoms with Crippen LogP contribution >= 0.6 is 0 Å². The quantitative estimate of drug-likeness (QED) is 0.555. The van der Waals surface area contributed by atoms with Gasteiger partial charge in [-0.15, -0.1) is 0 Å². The van der Waals surface area contributed by atoms with Gasteiger partial charge in [-0.25, -0.2) is 8.78 Å². The Bertz CT molecular complexity index is 971. The highest BCUT2D eigenvalue weighted by atomic mass is 19.4. The Morgan fingerprint density at radius 2 is 1.47 bits per heavy atom. The van der Waals surface area contributed by atoms with Gasteiger partial charge in [-0.3, -0.25) is 14.4 Å². The number of nitrogens with one attached hydrogen (secondary N) is 3. The number of alkyl halides is 3. The highest BCUT2D eigenvalue weighted by molar-refractivity contribution is 6.02. The molecule has 1 atom stereocenters. The maximum Gasteiger partial charge on any atom is 0.405 e. The van der Waals surface area contributed by atoms with Crippen molar-refractivity contribution in [3.63, 3.8) is 0 Å². The van der Waals surface area contributed by atoms with Gasteiger partial charge in [0.25, 0.3) is 11.8 Å². The standard InChI is InChI=1S/C21H20F5N3O3/c1-11(2)17(29-19(31)16-14(22)4-3-5-15(16)23)20(32)28-13-8-6-12(7-9-13)18(30)27-10-21(24,25)26/h3-9,11,17H,10H2,1-2H3,(H,27,30)(H,28,32)(H,29,31). The van der Waals surface area contributed by atoms with Crippen LogP contribution in [0.15, 0.2) is 42.5 Å². The predicted molar refractivity (Wildman–Crippen MR) is 106 cm³/mol. The Kier molecular flexibility index (Phi) is 7.90. The SMILES string of the molecule is CC(C)C(NC(=O)c1c(F)cccc1F)C(=O)Nc1ccc(C(=O)NCC(F)(F)F)cc1. The van der Waals surface area contributed by atoms with Gasteiger partial charge in [-0.1, -0.05) is 19.9 Å². The molecule has 0 saturated heterocycles. The van der Waals surface area contributed by atoms with Gasteiger partial charge < -0.3 is 16.0 Å². The fraction of sp³-hybridized carbons (Fsp3) is 0.286. The van der Waals surface area contributed by atoms with Crippen molar-refractivity contribution in [1.82, 2.24) is 10.6 Å². The zero-order valence-corrected chi connectivity index (χ0v) is 17.0. The average molecular weight is 457 g/mol. The molecule has 172 valence electrons. The summed E-state index contributed by atoms with van der Waals surface area (Å²) >= 11 is 0. The molecule has 32 heavy (non-hydrogen) atoms. The monoisotopic (exact) mass is 457 g/mol. The van der Waals surface area contributed by atoms with Gasteiger partial charge in [0.15, 0.2) is 0 Å². The molecule has 11 heteroatoms. The summed E-state index contributed by atoms with van der Waals surface area (Å²) < 4.78 is 64.2. The first-order chi connectivity index (χ1) is 14.9. The van der Waals surface area contributed by atoms with Gasteiger partial charge in [0.2, 0.25) is 5.91 Å². The number of amides is 3. The largest absolute Gasteiger partial charge is 0.405 e. The lowest BCUT2D eigenvalue weighted by atomic mass is 10.0. The Morgan fingerprint density at radius 1 is 0.906 bits per heavy atom. The molecule has 0 heterocycles. The number of carbonyl (C=O) groups excluding carboxylic acids is 3. The number of anilines is 1. The van der Waals surface area contributed by atoms with Crippen molar-refractivity contribution in [1.29, 1.82) is 0 Å². The van der Waals surface area contributed by atoms with Gasteiger partial charge in [0, 0.05) is 11.3 Å². The van der Waals surface area contributed by atoms with E-state index in [0.29, 0.717) is 0 Å². The lowest BCUT2D eigenvalue weighted by Crippen LogP contribution is -2.47. The van der Waals surface area contributed by atoms with E-state index in [-0.39, 0.29) is 11.3 Å². The van der Waals surface area contributed by atoms with Crippen molar-refractivity contribution in [3.8, 4) is 0 Å². The average Bonchev–Trinajstić information content (AvgIpc) is 2.69. The summed E-state index contributed by atoms with van der Waals surface area (Å²) in [6, 6.07) is 6.76. The minimum absolute atomic E-state index is 0.0593. The predicted octanol–water partition coefficient (Wildman–Crippen LogP) is 3.65. The summed E-state index contributed by atoms with van der Waals surface area (Å²) in [7, 11) is 0. The molecule has 0 aliphatic rings. The van der Waals surface area contributed by atoms with E-state index in [2.05, 4.69) is 10.6 Å². The van der Waals surface area contributed by atoms with Gasteiger partial charge in [0.05, 0.1) is 0 Å². The molecule has 0 aliphatic carbocycles. The van der Waals surface area contributed by atoms with Gasteiger partial charge in [0.1, 0.15) is 29.8 Å². The van der Waals surface area contributed by atoms with E-state index >= 15 is 0 Å². The van der Waals surface area contributed by atoms with Crippen molar-refractivity contribution >= 4 is 23.4 Å². The van der Waals surface area contributed by atoms with Crippen molar-refractivity contribution in [2.45, 2.75) is 26.1 Å². The number of rotatable bonds is 7. The lowest BCUT2D eigenvalue weighted by molar-refractivity contribution is -0.123. The molecular formula is C21H20F5N3O3. The Morgan fingerprint density at radius 3 is 1.97 bits per heavy atom. The Hall–Kier alpha value is -3.50. The maximum atomic E-state index is 13.8. The zero-order chi connectivity index (χ0) is 24.1. The summed E-state index contributed by atoms with van der Waals surface area (Å²) in [5, 5.41) is 6.49. The highest BCUT2D eigenvalue weighted by Crippen LogP contribution is 2.16. The number of hydrogen-bond acceptors (Lipinski definition) is 3. The molecule has 1 unspecified atom stereocenters. The number of benzene rings is 2. The molecule has 0 bridgehead atoms. The third kappa shape index (κ3) is 6.76. The molecular weight excluding hydrogens is 437 g/mol. The van der Waals surface area contributed by atoms with Crippen LogP contribution in [0.4, 0.5) is 27.6 Å². The molecule has 0 aromatic heterocycles.